The van der Waals surface area contributed by atoms with Crippen LogP contribution < -0.4 is 0 Å². The molecule has 154 valence electrons. The maximum absolute atomic E-state index is 14.3. The van der Waals surface area contributed by atoms with Gasteiger partial charge in [-0.05, 0) is 36.8 Å². The van der Waals surface area contributed by atoms with Gasteiger partial charge in [-0.15, -0.1) is 0 Å². The number of hydrogen-bond donors (Lipinski definition) is 0. The zero-order valence-electron chi connectivity index (χ0n) is 14.9. The van der Waals surface area contributed by atoms with Gasteiger partial charge in [0.1, 0.15) is 16.5 Å². The maximum atomic E-state index is 14.3. The molecule has 0 radical (unpaired) electrons. The Morgan fingerprint density at radius 1 is 1.00 bits per heavy atom. The summed E-state index contributed by atoms with van der Waals surface area (Å²) in [7, 11) is -4.23. The lowest BCUT2D eigenvalue weighted by molar-refractivity contribution is -0.141. The first-order valence-electron chi connectivity index (χ1n) is 7.91. The van der Waals surface area contributed by atoms with Crippen LogP contribution in [0.2, 0.25) is 5.02 Å². The van der Waals surface area contributed by atoms with Crippen molar-refractivity contribution in [3.05, 3.63) is 64.3 Å². The summed E-state index contributed by atoms with van der Waals surface area (Å²) in [5.74, 6) is -2.89. The molecule has 0 aliphatic carbocycles. The second-order valence-electron chi connectivity index (χ2n) is 6.35. The predicted octanol–water partition coefficient (Wildman–Crippen LogP) is 5.20. The average molecular weight is 451 g/mol. The summed E-state index contributed by atoms with van der Waals surface area (Å²) in [5, 5.41) is 3.67. The van der Waals surface area contributed by atoms with Gasteiger partial charge in [0.05, 0.1) is 11.4 Å². The van der Waals surface area contributed by atoms with Crippen molar-refractivity contribution < 1.29 is 30.4 Å². The molecule has 1 aromatic heterocycles. The highest BCUT2D eigenvalue weighted by atomic mass is 35.5. The molecule has 1 heterocycles. The molecule has 0 bridgehead atoms. The molecule has 0 spiro atoms. The highest BCUT2D eigenvalue weighted by Crippen LogP contribution is 2.35. The first-order valence-corrected chi connectivity index (χ1v) is 10.2. The van der Waals surface area contributed by atoms with E-state index in [2.05, 4.69) is 5.10 Å². The van der Waals surface area contributed by atoms with Crippen LogP contribution in [0.15, 0.2) is 41.3 Å². The van der Waals surface area contributed by atoms with Crippen LogP contribution in [0.5, 0.6) is 0 Å². The Labute approximate surface area is 167 Å². The van der Waals surface area contributed by atoms with Crippen molar-refractivity contribution in [1.82, 2.24) is 9.78 Å². The molecule has 0 unspecified atom stereocenters. The van der Waals surface area contributed by atoms with Crippen LogP contribution in [0.1, 0.15) is 11.3 Å². The van der Waals surface area contributed by atoms with E-state index in [1.807, 2.05) is 0 Å². The molecular formula is C18H12ClF5N2O2S. The molecule has 0 aliphatic heterocycles. The zero-order chi connectivity index (χ0) is 21.7. The third-order valence-corrected chi connectivity index (χ3v) is 5.29. The lowest BCUT2D eigenvalue weighted by Crippen LogP contribution is -2.10. The Morgan fingerprint density at radius 3 is 2.07 bits per heavy atom. The fraction of sp³-hybridized carbons (Fsp3) is 0.167. The van der Waals surface area contributed by atoms with E-state index in [0.717, 1.165) is 0 Å². The number of hydrogen-bond acceptors (Lipinski definition) is 3. The topological polar surface area (TPSA) is 52.0 Å². The van der Waals surface area contributed by atoms with E-state index in [9.17, 15) is 30.4 Å². The second kappa shape index (κ2) is 7.10. The lowest BCUT2D eigenvalue weighted by Gasteiger charge is -2.11. The Kier molecular flexibility index (Phi) is 5.20. The quantitative estimate of drug-likeness (QED) is 0.515. The number of halogens is 6. The first-order chi connectivity index (χ1) is 13.3. The number of aromatic nitrogens is 2. The summed E-state index contributed by atoms with van der Waals surface area (Å²) in [6.07, 6.45) is -4.21. The monoisotopic (exact) mass is 450 g/mol. The van der Waals surface area contributed by atoms with Crippen LogP contribution >= 0.6 is 11.6 Å². The third kappa shape index (κ3) is 4.27. The Balaban J connectivity index is 2.31. The third-order valence-electron chi connectivity index (χ3n) is 3.94. The molecule has 3 rings (SSSR count). The van der Waals surface area contributed by atoms with Crippen molar-refractivity contribution in [2.24, 2.45) is 0 Å². The van der Waals surface area contributed by atoms with Gasteiger partial charge in [0.2, 0.25) is 0 Å². The predicted molar refractivity (Wildman–Crippen MR) is 96.8 cm³/mol. The summed E-state index contributed by atoms with van der Waals surface area (Å²) in [4.78, 5) is -1.18. The lowest BCUT2D eigenvalue weighted by atomic mass is 10.1. The molecule has 0 aliphatic rings. The van der Waals surface area contributed by atoms with Gasteiger partial charge in [-0.3, -0.25) is 0 Å². The van der Waals surface area contributed by atoms with Crippen LogP contribution in [0.25, 0.3) is 16.9 Å². The smallest absolute Gasteiger partial charge is 0.232 e. The van der Waals surface area contributed by atoms with E-state index in [4.69, 9.17) is 11.6 Å². The normalized spacial score (nSPS) is 12.4. The number of aryl methyl sites for hydroxylation is 1. The van der Waals surface area contributed by atoms with E-state index in [-0.39, 0.29) is 16.3 Å². The Bertz CT molecular complexity index is 1180. The standard InChI is InChI=1S/C18H12ClF5N2O2S/c1-9-3-10(5-11(19)4-9)15-8-16(18(22,23)24)25-26(15)12-6-13(20)17(14(21)7-12)29(2,27)28/h3-8H,1-2H3. The minimum atomic E-state index is -4.82. The highest BCUT2D eigenvalue weighted by Gasteiger charge is 2.35. The van der Waals surface area contributed by atoms with Crippen molar-refractivity contribution in [2.75, 3.05) is 6.26 Å². The molecule has 0 saturated heterocycles. The largest absolute Gasteiger partial charge is 0.435 e. The molecule has 11 heteroatoms. The van der Waals surface area contributed by atoms with Gasteiger partial charge in [0.15, 0.2) is 15.5 Å². The summed E-state index contributed by atoms with van der Waals surface area (Å²) >= 11 is 5.98. The van der Waals surface area contributed by atoms with Gasteiger partial charge >= 0.3 is 6.18 Å². The molecule has 2 aromatic carbocycles. The van der Waals surface area contributed by atoms with Crippen molar-refractivity contribution in [3.63, 3.8) is 0 Å². The first kappa shape index (κ1) is 21.3. The molecule has 0 fully saturated rings. The van der Waals surface area contributed by atoms with Crippen molar-refractivity contribution in [1.29, 1.82) is 0 Å². The minimum absolute atomic E-state index is 0.131. The summed E-state index contributed by atoms with van der Waals surface area (Å²) in [6, 6.07) is 6.40. The molecule has 4 nitrogen and oxygen atoms in total. The molecule has 0 N–H and O–H groups in total. The van der Waals surface area contributed by atoms with Crippen molar-refractivity contribution in [3.8, 4) is 16.9 Å². The summed E-state index contributed by atoms with van der Waals surface area (Å²) in [6.45, 7) is 1.67. The van der Waals surface area contributed by atoms with Gasteiger partial charge in [0, 0.05) is 29.0 Å². The van der Waals surface area contributed by atoms with Gasteiger partial charge in [-0.25, -0.2) is 21.9 Å². The number of alkyl halides is 3. The molecule has 0 saturated carbocycles. The Morgan fingerprint density at radius 2 is 1.59 bits per heavy atom. The van der Waals surface area contributed by atoms with E-state index < -0.39 is 43.9 Å². The van der Waals surface area contributed by atoms with Crippen LogP contribution in [0.4, 0.5) is 22.0 Å². The minimum Gasteiger partial charge on any atom is -0.232 e. The maximum Gasteiger partial charge on any atom is 0.435 e. The second-order valence-corrected chi connectivity index (χ2v) is 8.74. The highest BCUT2D eigenvalue weighted by molar-refractivity contribution is 7.90. The fourth-order valence-electron chi connectivity index (χ4n) is 2.83. The molecular weight excluding hydrogens is 439 g/mol. The van der Waals surface area contributed by atoms with Crippen molar-refractivity contribution >= 4 is 21.4 Å². The number of benzene rings is 2. The molecule has 0 atom stereocenters. The molecule has 0 amide bonds. The molecule has 3 aromatic rings. The fourth-order valence-corrected chi connectivity index (χ4v) is 3.95. The number of nitrogens with zero attached hydrogens (tertiary/aromatic N) is 2. The van der Waals surface area contributed by atoms with Gasteiger partial charge in [-0.2, -0.15) is 18.3 Å². The van der Waals surface area contributed by atoms with Gasteiger partial charge in [0.25, 0.3) is 0 Å². The van der Waals surface area contributed by atoms with Gasteiger partial charge < -0.3 is 0 Å². The van der Waals surface area contributed by atoms with E-state index in [0.29, 0.717) is 34.7 Å². The SMILES string of the molecule is Cc1cc(Cl)cc(-c2cc(C(F)(F)F)nn2-c2cc(F)c(S(C)(=O)=O)c(F)c2)c1. The van der Waals surface area contributed by atoms with Gasteiger partial charge in [-0.1, -0.05) is 11.6 Å². The van der Waals surface area contributed by atoms with E-state index >= 15 is 0 Å². The Hall–Kier alpha value is -2.46. The summed E-state index contributed by atoms with van der Waals surface area (Å²) < 4.78 is 92.0. The van der Waals surface area contributed by atoms with Crippen LogP contribution in [-0.4, -0.2) is 24.5 Å². The number of sulfone groups is 1. The number of rotatable bonds is 3. The molecule has 29 heavy (non-hydrogen) atoms. The summed E-state index contributed by atoms with van der Waals surface area (Å²) in [5.41, 5.74) is -0.980. The van der Waals surface area contributed by atoms with Crippen molar-refractivity contribution in [2.45, 2.75) is 18.0 Å². The zero-order valence-corrected chi connectivity index (χ0v) is 16.4. The van der Waals surface area contributed by atoms with E-state index in [1.54, 1.807) is 13.0 Å². The van der Waals surface area contributed by atoms with E-state index in [1.165, 1.54) is 12.1 Å². The van der Waals surface area contributed by atoms with Crippen LogP contribution in [0.3, 0.4) is 0 Å². The van der Waals surface area contributed by atoms with Crippen LogP contribution in [-0.2, 0) is 16.0 Å². The van der Waals surface area contributed by atoms with Crippen LogP contribution in [0, 0.1) is 18.6 Å². The average Bonchev–Trinajstić information content (AvgIpc) is 2.97.